The van der Waals surface area contributed by atoms with Crippen LogP contribution < -0.4 is 5.32 Å². The zero-order valence-electron chi connectivity index (χ0n) is 8.25. The highest BCUT2D eigenvalue weighted by Crippen LogP contribution is 2.32. The Bertz CT molecular complexity index is 188. The Labute approximate surface area is 89.8 Å². The first-order valence-electron chi connectivity index (χ1n) is 4.72. The number of hydrogen-bond acceptors (Lipinski definition) is 3. The van der Waals surface area contributed by atoms with Gasteiger partial charge in [0.05, 0.1) is 6.04 Å². The Morgan fingerprint density at radius 1 is 1.54 bits per heavy atom. The summed E-state index contributed by atoms with van der Waals surface area (Å²) < 4.78 is 0. The van der Waals surface area contributed by atoms with Gasteiger partial charge < -0.3 is 5.32 Å². The smallest absolute Gasteiger partial charge is 0.0817 e. The molecular weight excluding hydrogens is 198 g/mol. The standard InChI is InChI=1S/C10H17NS2/c1-4-9(11-5-2)10-8(3)12-6-7-13-10/h1,8-11H,5-7H2,2-3H3. The molecule has 0 aromatic heterocycles. The number of hydrogen-bond donors (Lipinski definition) is 1. The van der Waals surface area contributed by atoms with Crippen molar-refractivity contribution in [3.63, 3.8) is 0 Å². The van der Waals surface area contributed by atoms with Crippen LogP contribution in [0.25, 0.3) is 0 Å². The van der Waals surface area contributed by atoms with Gasteiger partial charge in [-0.2, -0.15) is 23.5 Å². The molecule has 0 spiro atoms. The van der Waals surface area contributed by atoms with Crippen molar-refractivity contribution in [1.29, 1.82) is 0 Å². The van der Waals surface area contributed by atoms with Crippen molar-refractivity contribution >= 4 is 23.5 Å². The molecule has 74 valence electrons. The lowest BCUT2D eigenvalue weighted by atomic mass is 10.1. The second-order valence-electron chi connectivity index (χ2n) is 3.11. The number of nitrogens with one attached hydrogen (secondary N) is 1. The van der Waals surface area contributed by atoms with Crippen LogP contribution in [-0.2, 0) is 0 Å². The SMILES string of the molecule is C#CC(NCC)C1SCCSC1C. The zero-order chi connectivity index (χ0) is 9.68. The van der Waals surface area contributed by atoms with Gasteiger partial charge in [-0.1, -0.05) is 19.8 Å². The van der Waals surface area contributed by atoms with Crippen LogP contribution in [0, 0.1) is 12.3 Å². The normalized spacial score (nSPS) is 30.8. The molecule has 1 rings (SSSR count). The van der Waals surface area contributed by atoms with Crippen LogP contribution >= 0.6 is 23.5 Å². The third kappa shape index (κ3) is 3.12. The molecular formula is C10H17NS2. The highest BCUT2D eigenvalue weighted by Gasteiger charge is 2.28. The summed E-state index contributed by atoms with van der Waals surface area (Å²) >= 11 is 4.06. The molecule has 1 aliphatic rings. The molecule has 1 N–H and O–H groups in total. The number of thioether (sulfide) groups is 2. The molecule has 0 saturated carbocycles. The Morgan fingerprint density at radius 3 is 2.77 bits per heavy atom. The Morgan fingerprint density at radius 2 is 2.23 bits per heavy atom. The minimum atomic E-state index is 0.248. The molecule has 3 atom stereocenters. The Hall–Kier alpha value is 0.220. The van der Waals surface area contributed by atoms with Crippen LogP contribution in [0.15, 0.2) is 0 Å². The maximum absolute atomic E-state index is 5.52. The van der Waals surface area contributed by atoms with E-state index in [9.17, 15) is 0 Å². The van der Waals surface area contributed by atoms with Crippen LogP contribution in [0.2, 0.25) is 0 Å². The summed E-state index contributed by atoms with van der Waals surface area (Å²) in [6, 6.07) is 0.248. The first-order valence-corrected chi connectivity index (χ1v) is 6.82. The molecule has 1 saturated heterocycles. The molecule has 0 bridgehead atoms. The predicted molar refractivity (Wildman–Crippen MR) is 64.5 cm³/mol. The molecule has 0 amide bonds. The van der Waals surface area contributed by atoms with Gasteiger partial charge in [0.2, 0.25) is 0 Å². The van der Waals surface area contributed by atoms with Gasteiger partial charge in [0.25, 0.3) is 0 Å². The summed E-state index contributed by atoms with van der Waals surface area (Å²) in [7, 11) is 0. The molecule has 1 fully saturated rings. The molecule has 0 aliphatic carbocycles. The Kier molecular flexibility index (Phi) is 5.08. The summed E-state index contributed by atoms with van der Waals surface area (Å²) in [6.07, 6.45) is 5.52. The molecule has 0 aromatic carbocycles. The van der Waals surface area contributed by atoms with Gasteiger partial charge in [-0.05, 0) is 6.54 Å². The number of terminal acetylenes is 1. The van der Waals surface area contributed by atoms with E-state index in [1.165, 1.54) is 11.5 Å². The van der Waals surface area contributed by atoms with Gasteiger partial charge in [0.15, 0.2) is 0 Å². The fraction of sp³-hybridized carbons (Fsp3) is 0.800. The number of rotatable bonds is 3. The maximum Gasteiger partial charge on any atom is 0.0817 e. The third-order valence-corrected chi connectivity index (χ3v) is 5.36. The van der Waals surface area contributed by atoms with Crippen molar-refractivity contribution in [2.45, 2.75) is 30.4 Å². The quantitative estimate of drug-likeness (QED) is 0.722. The monoisotopic (exact) mass is 215 g/mol. The average Bonchev–Trinajstić information content (AvgIpc) is 2.16. The molecule has 13 heavy (non-hydrogen) atoms. The molecule has 3 unspecified atom stereocenters. The molecule has 1 nitrogen and oxygen atoms in total. The van der Waals surface area contributed by atoms with E-state index in [4.69, 9.17) is 6.42 Å². The van der Waals surface area contributed by atoms with E-state index in [2.05, 4.69) is 25.1 Å². The van der Waals surface area contributed by atoms with E-state index in [1.54, 1.807) is 0 Å². The minimum Gasteiger partial charge on any atom is -0.303 e. The van der Waals surface area contributed by atoms with E-state index in [0.717, 1.165) is 6.54 Å². The third-order valence-electron chi connectivity index (χ3n) is 2.17. The lowest BCUT2D eigenvalue weighted by Gasteiger charge is -2.32. The van der Waals surface area contributed by atoms with Crippen molar-refractivity contribution < 1.29 is 0 Å². The van der Waals surface area contributed by atoms with Gasteiger partial charge in [-0.25, -0.2) is 0 Å². The zero-order valence-corrected chi connectivity index (χ0v) is 9.88. The largest absolute Gasteiger partial charge is 0.303 e. The van der Waals surface area contributed by atoms with Crippen molar-refractivity contribution in [1.82, 2.24) is 5.32 Å². The lowest BCUT2D eigenvalue weighted by molar-refractivity contribution is 0.598. The average molecular weight is 215 g/mol. The van der Waals surface area contributed by atoms with Crippen LogP contribution in [0.1, 0.15) is 13.8 Å². The maximum atomic E-state index is 5.52. The van der Waals surface area contributed by atoms with Crippen LogP contribution in [0.5, 0.6) is 0 Å². The van der Waals surface area contributed by atoms with Gasteiger partial charge >= 0.3 is 0 Å². The summed E-state index contributed by atoms with van der Waals surface area (Å²) in [5, 5.41) is 4.63. The fourth-order valence-corrected chi connectivity index (χ4v) is 4.38. The second-order valence-corrected chi connectivity index (χ2v) is 5.88. The fourth-order valence-electron chi connectivity index (χ4n) is 1.51. The van der Waals surface area contributed by atoms with Crippen LogP contribution in [-0.4, -0.2) is 34.6 Å². The van der Waals surface area contributed by atoms with Gasteiger partial charge in [-0.3, -0.25) is 0 Å². The van der Waals surface area contributed by atoms with E-state index >= 15 is 0 Å². The van der Waals surface area contributed by atoms with Crippen molar-refractivity contribution in [2.24, 2.45) is 0 Å². The Balaban J connectivity index is 2.51. The molecule has 0 radical (unpaired) electrons. The highest BCUT2D eigenvalue weighted by atomic mass is 32.2. The summed E-state index contributed by atoms with van der Waals surface area (Å²) in [4.78, 5) is 0. The van der Waals surface area contributed by atoms with Gasteiger partial charge in [0.1, 0.15) is 0 Å². The van der Waals surface area contributed by atoms with Gasteiger partial charge in [0, 0.05) is 22.0 Å². The van der Waals surface area contributed by atoms with Crippen molar-refractivity contribution in [2.75, 3.05) is 18.1 Å². The second kappa shape index (κ2) is 5.85. The highest BCUT2D eigenvalue weighted by molar-refractivity contribution is 8.07. The van der Waals surface area contributed by atoms with E-state index in [-0.39, 0.29) is 6.04 Å². The molecule has 1 aliphatic heterocycles. The van der Waals surface area contributed by atoms with Crippen LogP contribution in [0.4, 0.5) is 0 Å². The van der Waals surface area contributed by atoms with Crippen molar-refractivity contribution in [3.05, 3.63) is 0 Å². The first-order chi connectivity index (χ1) is 6.29. The topological polar surface area (TPSA) is 12.0 Å². The molecule has 1 heterocycles. The minimum absolute atomic E-state index is 0.248. The summed E-state index contributed by atoms with van der Waals surface area (Å²) in [5.74, 6) is 5.37. The van der Waals surface area contributed by atoms with E-state index in [0.29, 0.717) is 10.5 Å². The molecule has 3 heteroatoms. The first kappa shape index (κ1) is 11.3. The molecule has 0 aromatic rings. The summed E-state index contributed by atoms with van der Waals surface area (Å²) in [6.45, 7) is 5.35. The summed E-state index contributed by atoms with van der Waals surface area (Å²) in [5.41, 5.74) is 0. The lowest BCUT2D eigenvalue weighted by Crippen LogP contribution is -2.43. The van der Waals surface area contributed by atoms with Crippen molar-refractivity contribution in [3.8, 4) is 12.3 Å². The van der Waals surface area contributed by atoms with Gasteiger partial charge in [-0.15, -0.1) is 6.42 Å². The van der Waals surface area contributed by atoms with Crippen LogP contribution in [0.3, 0.4) is 0 Å². The van der Waals surface area contributed by atoms with E-state index in [1.807, 2.05) is 23.5 Å². The predicted octanol–water partition coefficient (Wildman–Crippen LogP) is 1.83. The van der Waals surface area contributed by atoms with E-state index < -0.39 is 0 Å².